The maximum Gasteiger partial charge on any atom is 0.164 e. The normalized spacial score (nSPS) is 11.8. The molecule has 0 radical (unpaired) electrons. The van der Waals surface area contributed by atoms with Gasteiger partial charge in [-0.2, -0.15) is 0 Å². The molecule has 0 saturated heterocycles. The number of hydrogen-bond donors (Lipinski definition) is 0. The molecule has 0 aliphatic heterocycles. The molecule has 0 bridgehead atoms. The summed E-state index contributed by atoms with van der Waals surface area (Å²) >= 11 is 0. The van der Waals surface area contributed by atoms with E-state index < -0.39 is 0 Å². The Labute approximate surface area is 268 Å². The van der Waals surface area contributed by atoms with Crippen molar-refractivity contribution in [3.63, 3.8) is 0 Å². The third-order valence-electron chi connectivity index (χ3n) is 9.17. The summed E-state index contributed by atoms with van der Waals surface area (Å²) in [5.74, 6) is 1.88. The first-order chi connectivity index (χ1) is 23.3. The first-order valence-electron chi connectivity index (χ1n) is 15.6. The number of furan rings is 1. The third kappa shape index (κ3) is 4.03. The molecule has 218 valence electrons. The van der Waals surface area contributed by atoms with Crippen molar-refractivity contribution in [1.82, 2.24) is 19.9 Å². The molecule has 10 aromatic rings. The number of fused-ring (bicyclic) bond motifs is 10. The molecule has 0 spiro atoms. The Morgan fingerprint density at radius 3 is 1.96 bits per heavy atom. The average molecular weight is 601 g/mol. The summed E-state index contributed by atoms with van der Waals surface area (Å²) in [6, 6.07) is 46.4. The quantitative estimate of drug-likeness (QED) is 0.189. The summed E-state index contributed by atoms with van der Waals surface area (Å²) in [5, 5.41) is 11.4. The summed E-state index contributed by atoms with van der Waals surface area (Å²) in [6.45, 7) is 0. The Balaban J connectivity index is 1.27. The molecule has 0 N–H and O–H groups in total. The fraction of sp³-hybridized carbons (Fsp3) is 0. The van der Waals surface area contributed by atoms with Crippen molar-refractivity contribution >= 4 is 65.0 Å². The van der Waals surface area contributed by atoms with Gasteiger partial charge in [0.05, 0.1) is 6.20 Å². The molecule has 0 saturated carbocycles. The van der Waals surface area contributed by atoms with E-state index in [9.17, 15) is 0 Å². The van der Waals surface area contributed by atoms with E-state index in [4.69, 9.17) is 19.4 Å². The van der Waals surface area contributed by atoms with Gasteiger partial charge in [-0.25, -0.2) is 15.0 Å². The molecule has 0 atom stereocenters. The second kappa shape index (κ2) is 10.0. The van der Waals surface area contributed by atoms with Crippen molar-refractivity contribution in [2.24, 2.45) is 0 Å². The minimum atomic E-state index is 0.615. The van der Waals surface area contributed by atoms with E-state index in [2.05, 4.69) is 96.0 Å². The van der Waals surface area contributed by atoms with E-state index in [1.807, 2.05) is 48.7 Å². The lowest BCUT2D eigenvalue weighted by Gasteiger charge is -2.14. The fourth-order valence-corrected chi connectivity index (χ4v) is 6.98. The Kier molecular flexibility index (Phi) is 5.51. The Morgan fingerprint density at radius 2 is 1.09 bits per heavy atom. The monoisotopic (exact) mass is 600 g/mol. The van der Waals surface area contributed by atoms with Gasteiger partial charge < -0.3 is 4.42 Å². The van der Waals surface area contributed by atoms with Gasteiger partial charge in [0.2, 0.25) is 0 Å². The molecule has 7 aromatic carbocycles. The van der Waals surface area contributed by atoms with E-state index in [0.717, 1.165) is 60.2 Å². The second-order valence-electron chi connectivity index (χ2n) is 11.9. The summed E-state index contributed by atoms with van der Waals surface area (Å²) in [7, 11) is 0. The predicted molar refractivity (Wildman–Crippen MR) is 191 cm³/mol. The third-order valence-corrected chi connectivity index (χ3v) is 9.17. The van der Waals surface area contributed by atoms with Crippen molar-refractivity contribution in [3.8, 4) is 34.2 Å². The van der Waals surface area contributed by atoms with Crippen LogP contribution >= 0.6 is 0 Å². The van der Waals surface area contributed by atoms with Crippen LogP contribution in [0, 0.1) is 0 Å². The number of pyridine rings is 1. The van der Waals surface area contributed by atoms with Crippen LogP contribution in [0.1, 0.15) is 0 Å². The molecular formula is C42H24N4O. The van der Waals surface area contributed by atoms with E-state index in [1.54, 1.807) is 6.20 Å². The number of rotatable bonds is 3. The lowest BCUT2D eigenvalue weighted by molar-refractivity contribution is 0.667. The van der Waals surface area contributed by atoms with Crippen LogP contribution in [-0.2, 0) is 0 Å². The van der Waals surface area contributed by atoms with Crippen molar-refractivity contribution in [3.05, 3.63) is 146 Å². The zero-order valence-corrected chi connectivity index (χ0v) is 25.1. The Hall–Kier alpha value is -6.46. The minimum Gasteiger partial charge on any atom is -0.454 e. The summed E-state index contributed by atoms with van der Waals surface area (Å²) < 4.78 is 6.16. The highest BCUT2D eigenvalue weighted by Gasteiger charge is 2.18. The van der Waals surface area contributed by atoms with Crippen molar-refractivity contribution < 1.29 is 4.42 Å². The van der Waals surface area contributed by atoms with Crippen LogP contribution < -0.4 is 0 Å². The van der Waals surface area contributed by atoms with Crippen molar-refractivity contribution in [1.29, 1.82) is 0 Å². The first-order valence-corrected chi connectivity index (χ1v) is 15.6. The van der Waals surface area contributed by atoms with E-state index in [0.29, 0.717) is 17.5 Å². The molecule has 10 rings (SSSR count). The van der Waals surface area contributed by atoms with Crippen LogP contribution in [0.15, 0.2) is 150 Å². The number of nitrogens with zero attached hydrogens (tertiary/aromatic N) is 4. The van der Waals surface area contributed by atoms with Crippen LogP contribution in [0.4, 0.5) is 0 Å². The number of hydrogen-bond acceptors (Lipinski definition) is 5. The van der Waals surface area contributed by atoms with Gasteiger partial charge in [-0.15, -0.1) is 0 Å². The van der Waals surface area contributed by atoms with Gasteiger partial charge >= 0.3 is 0 Å². The number of aromatic nitrogens is 4. The van der Waals surface area contributed by atoms with Crippen LogP contribution in [0.2, 0.25) is 0 Å². The first kappa shape index (κ1) is 25.8. The standard InChI is InChI=1S/C42H24N4O/c1-2-9-27(10-3-1)40-44-41(29-15-14-26-17-19-36-39(34(26)23-29)33-20-21-43-24-37(33)47-36)46-42(45-40)35-22-28-11-5-7-13-31(28)38-30-12-6-4-8-25(30)16-18-32(35)38/h1-24H. The Bertz CT molecular complexity index is 2840. The molecule has 0 unspecified atom stereocenters. The summed E-state index contributed by atoms with van der Waals surface area (Å²) in [4.78, 5) is 19.7. The van der Waals surface area contributed by atoms with Gasteiger partial charge in [-0.3, -0.25) is 4.98 Å². The van der Waals surface area contributed by atoms with E-state index in [1.165, 1.54) is 21.5 Å². The molecule has 0 amide bonds. The topological polar surface area (TPSA) is 64.7 Å². The molecular weight excluding hydrogens is 576 g/mol. The molecule has 0 fully saturated rings. The maximum atomic E-state index is 6.16. The maximum absolute atomic E-state index is 6.16. The van der Waals surface area contributed by atoms with Crippen LogP contribution in [0.25, 0.3) is 99.2 Å². The van der Waals surface area contributed by atoms with Crippen LogP contribution in [0.5, 0.6) is 0 Å². The van der Waals surface area contributed by atoms with Gasteiger partial charge in [0.15, 0.2) is 23.1 Å². The predicted octanol–water partition coefficient (Wildman–Crippen LogP) is 10.8. The lowest BCUT2D eigenvalue weighted by atomic mass is 9.92. The highest BCUT2D eigenvalue weighted by atomic mass is 16.3. The zero-order valence-electron chi connectivity index (χ0n) is 25.1. The van der Waals surface area contributed by atoms with Gasteiger partial charge in [0.1, 0.15) is 5.58 Å². The smallest absolute Gasteiger partial charge is 0.164 e. The van der Waals surface area contributed by atoms with E-state index >= 15 is 0 Å². The second-order valence-corrected chi connectivity index (χ2v) is 11.9. The molecule has 3 aromatic heterocycles. The molecule has 5 heteroatoms. The zero-order chi connectivity index (χ0) is 30.9. The van der Waals surface area contributed by atoms with Gasteiger partial charge in [0, 0.05) is 33.7 Å². The number of benzene rings is 7. The average Bonchev–Trinajstić information content (AvgIpc) is 3.53. The summed E-state index contributed by atoms with van der Waals surface area (Å²) in [5.41, 5.74) is 4.41. The largest absolute Gasteiger partial charge is 0.454 e. The SMILES string of the molecule is c1ccc(-c2nc(-c3ccc4ccc5oc6cnccc6c5c4c3)nc(-c3cc4ccccc4c4c3ccc3ccccc34)n2)cc1. The van der Waals surface area contributed by atoms with Crippen molar-refractivity contribution in [2.45, 2.75) is 0 Å². The van der Waals surface area contributed by atoms with Crippen LogP contribution in [0.3, 0.4) is 0 Å². The lowest BCUT2D eigenvalue weighted by Crippen LogP contribution is -2.01. The molecule has 0 aliphatic carbocycles. The molecule has 47 heavy (non-hydrogen) atoms. The molecule has 0 aliphatic rings. The van der Waals surface area contributed by atoms with Gasteiger partial charge in [-0.1, -0.05) is 109 Å². The van der Waals surface area contributed by atoms with Crippen molar-refractivity contribution in [2.75, 3.05) is 0 Å². The highest BCUT2D eigenvalue weighted by Crippen LogP contribution is 2.40. The fourth-order valence-electron chi connectivity index (χ4n) is 6.98. The Morgan fingerprint density at radius 1 is 0.404 bits per heavy atom. The highest BCUT2D eigenvalue weighted by molar-refractivity contribution is 6.24. The molecule has 3 heterocycles. The summed E-state index contributed by atoms with van der Waals surface area (Å²) in [6.07, 6.45) is 3.58. The molecule has 5 nitrogen and oxygen atoms in total. The minimum absolute atomic E-state index is 0.615. The van der Waals surface area contributed by atoms with Crippen LogP contribution in [-0.4, -0.2) is 19.9 Å². The van der Waals surface area contributed by atoms with Gasteiger partial charge in [0.25, 0.3) is 0 Å². The van der Waals surface area contributed by atoms with Gasteiger partial charge in [-0.05, 0) is 67.4 Å². The van der Waals surface area contributed by atoms with E-state index in [-0.39, 0.29) is 0 Å².